The van der Waals surface area contributed by atoms with Crippen molar-refractivity contribution in [3.05, 3.63) is 25.3 Å². The second-order valence-corrected chi connectivity index (χ2v) is 11.4. The average molecular weight is 661 g/mol. The molecule has 0 aliphatic carbocycles. The van der Waals surface area contributed by atoms with Gasteiger partial charge in [-0.3, -0.25) is 18.8 Å². The number of aliphatic hydroxyl groups is 5. The first-order valence-electron chi connectivity index (χ1n) is 14.8. The van der Waals surface area contributed by atoms with E-state index in [1.165, 1.54) is 34.4 Å². The van der Waals surface area contributed by atoms with Gasteiger partial charge in [0.1, 0.15) is 60.8 Å². The largest absolute Gasteiger partial charge is 0.480 e. The van der Waals surface area contributed by atoms with Crippen LogP contribution in [0.5, 0.6) is 0 Å². The van der Waals surface area contributed by atoms with Crippen LogP contribution in [0.2, 0.25) is 0 Å². The Hall–Kier alpha value is -4.19. The van der Waals surface area contributed by atoms with Crippen LogP contribution in [0.4, 0.5) is 11.6 Å². The molecule has 6 heterocycles. The Balaban J connectivity index is 1.15. The number of imidazole rings is 2. The number of nitrogen functional groups attached to an aromatic ring is 1. The standard InChI is InChI=1S/C26H36N12O9/c27-11(26(44)45)1-3-36(5-12-16(40)18(42)24(46-12)37-9-34-14-20(28)30-7-32-22(14)37)4-2-29-21-15-23(33-8-31-21)38(10-35-15)25-19(43)17(41)13(6-39)47-25/h7-13,16-19,24-25,39-43H,1-6,27H2,(H,44,45)(H2,28,30,32)(H,29,31,33)/t11-,12+,13+,16+,17+,18+,19+,24+,25+/m0/s1. The Kier molecular flexibility index (Phi) is 9.41. The van der Waals surface area contributed by atoms with E-state index in [4.69, 9.17) is 20.9 Å². The number of nitrogens with two attached hydrogens (primary N) is 2. The lowest BCUT2D eigenvalue weighted by Crippen LogP contribution is -2.44. The van der Waals surface area contributed by atoms with Crippen molar-refractivity contribution in [3.63, 3.8) is 0 Å². The summed E-state index contributed by atoms with van der Waals surface area (Å²) < 4.78 is 14.6. The number of hydrogen-bond acceptors (Lipinski definition) is 18. The minimum atomic E-state index is -1.34. The minimum Gasteiger partial charge on any atom is -0.480 e. The maximum absolute atomic E-state index is 11.4. The summed E-state index contributed by atoms with van der Waals surface area (Å²) in [6, 6.07) is -1.12. The number of carbonyl (C=O) groups is 1. The van der Waals surface area contributed by atoms with Crippen LogP contribution in [0, 0.1) is 0 Å². The molecule has 0 radical (unpaired) electrons. The highest BCUT2D eigenvalue weighted by atomic mass is 16.6. The number of aliphatic hydroxyl groups excluding tert-OH is 5. The fourth-order valence-corrected chi connectivity index (χ4v) is 5.77. The van der Waals surface area contributed by atoms with Gasteiger partial charge in [-0.25, -0.2) is 29.9 Å². The third-order valence-electron chi connectivity index (χ3n) is 8.38. The number of carboxylic acids is 1. The van der Waals surface area contributed by atoms with E-state index in [-0.39, 0.29) is 31.9 Å². The molecule has 47 heavy (non-hydrogen) atoms. The van der Waals surface area contributed by atoms with Gasteiger partial charge in [0.05, 0.1) is 19.3 Å². The molecule has 0 spiro atoms. The molecular formula is C26H36N12O9. The van der Waals surface area contributed by atoms with Gasteiger partial charge in [0.25, 0.3) is 0 Å². The average Bonchev–Trinajstić information content (AvgIpc) is 3.82. The summed E-state index contributed by atoms with van der Waals surface area (Å²) >= 11 is 0. The summed E-state index contributed by atoms with van der Waals surface area (Å²) in [5.41, 5.74) is 12.9. The summed E-state index contributed by atoms with van der Waals surface area (Å²) in [6.45, 7) is 0.416. The van der Waals surface area contributed by atoms with Crippen LogP contribution in [-0.4, -0.2) is 156 Å². The maximum Gasteiger partial charge on any atom is 0.320 e. The summed E-state index contributed by atoms with van der Waals surface area (Å²) in [5, 5.41) is 64.4. The zero-order chi connectivity index (χ0) is 33.4. The zero-order valence-corrected chi connectivity index (χ0v) is 24.8. The van der Waals surface area contributed by atoms with E-state index < -0.39 is 67.7 Å². The SMILES string of the molecule is Nc1ncnc2c1ncn2[C@@H]1O[C@H](CN(CCNc2ncnc3c2ncn3[C@@H]2O[C@H](CO)[C@@H](O)[C@H]2O)CC[C@H](N)C(=O)O)[C@@H](O)[C@H]1O. The van der Waals surface area contributed by atoms with Crippen molar-refractivity contribution in [2.75, 3.05) is 43.8 Å². The number of nitrogens with one attached hydrogen (secondary N) is 1. The van der Waals surface area contributed by atoms with E-state index in [2.05, 4.69) is 35.2 Å². The molecule has 2 aliphatic heterocycles. The van der Waals surface area contributed by atoms with Crippen LogP contribution in [0.3, 0.4) is 0 Å². The molecule has 2 saturated heterocycles. The molecule has 6 rings (SSSR count). The Bertz CT molecular complexity index is 1710. The predicted molar refractivity (Wildman–Crippen MR) is 159 cm³/mol. The first-order chi connectivity index (χ1) is 22.6. The first kappa shape index (κ1) is 32.7. The van der Waals surface area contributed by atoms with Crippen LogP contribution in [-0.2, 0) is 14.3 Å². The smallest absolute Gasteiger partial charge is 0.320 e. The van der Waals surface area contributed by atoms with Crippen molar-refractivity contribution in [3.8, 4) is 0 Å². The van der Waals surface area contributed by atoms with E-state index in [0.29, 0.717) is 34.7 Å². The van der Waals surface area contributed by atoms with Crippen molar-refractivity contribution in [1.82, 2.24) is 43.9 Å². The van der Waals surface area contributed by atoms with Crippen LogP contribution in [0.15, 0.2) is 25.3 Å². The number of aliphatic carboxylic acids is 1. The molecule has 254 valence electrons. The molecule has 0 saturated carbocycles. The topological polar surface area (TPSA) is 311 Å². The molecule has 11 N–H and O–H groups in total. The fraction of sp³-hybridized carbons (Fsp3) is 0.577. The van der Waals surface area contributed by atoms with Crippen molar-refractivity contribution in [2.45, 2.75) is 61.5 Å². The highest BCUT2D eigenvalue weighted by Gasteiger charge is 2.45. The lowest BCUT2D eigenvalue weighted by Gasteiger charge is -2.27. The molecule has 0 aromatic carbocycles. The molecule has 0 unspecified atom stereocenters. The van der Waals surface area contributed by atoms with Crippen LogP contribution >= 0.6 is 0 Å². The Morgan fingerprint density at radius 1 is 0.872 bits per heavy atom. The molecule has 0 bridgehead atoms. The van der Waals surface area contributed by atoms with E-state index in [1.54, 1.807) is 0 Å². The van der Waals surface area contributed by atoms with Gasteiger partial charge in [-0.05, 0) is 6.42 Å². The van der Waals surface area contributed by atoms with E-state index in [0.717, 1.165) is 0 Å². The third-order valence-corrected chi connectivity index (χ3v) is 8.38. The highest BCUT2D eigenvalue weighted by Crippen LogP contribution is 2.33. The molecular weight excluding hydrogens is 624 g/mol. The minimum absolute atomic E-state index is 0.0963. The van der Waals surface area contributed by atoms with Gasteiger partial charge in [-0.1, -0.05) is 0 Å². The number of hydrogen-bond donors (Lipinski definition) is 9. The monoisotopic (exact) mass is 660 g/mol. The highest BCUT2D eigenvalue weighted by molar-refractivity contribution is 5.83. The number of aromatic nitrogens is 8. The van der Waals surface area contributed by atoms with E-state index in [9.17, 15) is 35.4 Å². The molecule has 4 aromatic rings. The van der Waals surface area contributed by atoms with Crippen LogP contribution < -0.4 is 16.8 Å². The van der Waals surface area contributed by atoms with Crippen molar-refractivity contribution in [2.24, 2.45) is 5.73 Å². The number of nitrogens with zero attached hydrogens (tertiary/aromatic N) is 9. The molecule has 2 fully saturated rings. The van der Waals surface area contributed by atoms with Gasteiger partial charge in [0.15, 0.2) is 40.9 Å². The van der Waals surface area contributed by atoms with E-state index >= 15 is 0 Å². The molecule has 21 nitrogen and oxygen atoms in total. The van der Waals surface area contributed by atoms with Crippen molar-refractivity contribution >= 4 is 39.9 Å². The van der Waals surface area contributed by atoms with Gasteiger partial charge in [-0.15, -0.1) is 0 Å². The summed E-state index contributed by atoms with van der Waals surface area (Å²) in [7, 11) is 0. The normalized spacial score (nSPS) is 28.5. The summed E-state index contributed by atoms with van der Waals surface area (Å²) in [6.07, 6.45) is -3.78. The number of fused-ring (bicyclic) bond motifs is 2. The lowest BCUT2D eigenvalue weighted by molar-refractivity contribution is -0.138. The van der Waals surface area contributed by atoms with Crippen LogP contribution in [0.1, 0.15) is 18.9 Å². The zero-order valence-electron chi connectivity index (χ0n) is 24.8. The summed E-state index contributed by atoms with van der Waals surface area (Å²) in [5.74, 6) is -0.654. The molecule has 0 amide bonds. The third kappa shape index (κ3) is 6.27. The predicted octanol–water partition coefficient (Wildman–Crippen LogP) is -4.00. The van der Waals surface area contributed by atoms with Gasteiger partial charge in [-0.2, -0.15) is 0 Å². The quantitative estimate of drug-likeness (QED) is 0.0659. The second-order valence-electron chi connectivity index (χ2n) is 11.4. The number of rotatable bonds is 13. The fourth-order valence-electron chi connectivity index (χ4n) is 5.77. The first-order valence-corrected chi connectivity index (χ1v) is 14.8. The number of anilines is 2. The van der Waals surface area contributed by atoms with Crippen molar-refractivity contribution < 1.29 is 44.9 Å². The maximum atomic E-state index is 11.4. The second kappa shape index (κ2) is 13.5. The van der Waals surface area contributed by atoms with Gasteiger partial charge in [0, 0.05) is 26.2 Å². The molecule has 2 aliphatic rings. The Morgan fingerprint density at radius 2 is 1.47 bits per heavy atom. The van der Waals surface area contributed by atoms with Gasteiger partial charge in [0.2, 0.25) is 0 Å². The molecule has 9 atom stereocenters. The molecule has 4 aromatic heterocycles. The van der Waals surface area contributed by atoms with Crippen molar-refractivity contribution in [1.29, 1.82) is 0 Å². The summed E-state index contributed by atoms with van der Waals surface area (Å²) in [4.78, 5) is 38.4. The van der Waals surface area contributed by atoms with Gasteiger partial charge < -0.3 is 56.9 Å². The number of ether oxygens (including phenoxy) is 2. The van der Waals surface area contributed by atoms with E-state index in [1.807, 2.05) is 4.90 Å². The molecule has 21 heteroatoms. The van der Waals surface area contributed by atoms with Gasteiger partial charge >= 0.3 is 5.97 Å². The lowest BCUT2D eigenvalue weighted by atomic mass is 10.1. The Labute approximate surface area is 265 Å². The van der Waals surface area contributed by atoms with Crippen LogP contribution in [0.25, 0.3) is 22.3 Å². The Morgan fingerprint density at radius 3 is 2.11 bits per heavy atom. The number of carboxylic acid groups (broad SMARTS) is 1.